The largest absolute Gasteiger partial charge is 0.340 e. The minimum absolute atomic E-state index is 0.105. The fourth-order valence-electron chi connectivity index (χ4n) is 6.73. The van der Waals surface area contributed by atoms with Gasteiger partial charge in [-0.05, 0) is 48.6 Å². The first-order valence-electron chi connectivity index (χ1n) is 14.9. The van der Waals surface area contributed by atoms with Crippen molar-refractivity contribution in [1.29, 1.82) is 0 Å². The second kappa shape index (κ2) is 12.7. The minimum atomic E-state index is 0.105. The number of fused-ring (bicyclic) bond motifs is 5. The molecule has 1 heteroatoms. The van der Waals surface area contributed by atoms with Crippen LogP contribution in [-0.4, -0.2) is 4.57 Å². The van der Waals surface area contributed by atoms with E-state index < -0.39 is 0 Å². The highest BCUT2D eigenvalue weighted by Gasteiger charge is 2.45. The number of nitrogens with zero attached hydrogens (tertiary/aromatic N) is 1. The molecule has 1 aromatic heterocycles. The lowest BCUT2D eigenvalue weighted by atomic mass is 9.70. The average molecular weight is 482 g/mol. The summed E-state index contributed by atoms with van der Waals surface area (Å²) in [6.45, 7) is 8.02. The lowest BCUT2D eigenvalue weighted by Gasteiger charge is -2.32. The number of rotatable bonds is 15. The number of terminal acetylenes is 1. The van der Waals surface area contributed by atoms with Crippen molar-refractivity contribution in [3.8, 4) is 23.6 Å². The third kappa shape index (κ3) is 5.16. The van der Waals surface area contributed by atoms with Gasteiger partial charge >= 0.3 is 0 Å². The molecule has 3 aromatic rings. The third-order valence-electron chi connectivity index (χ3n) is 8.56. The molecule has 0 saturated heterocycles. The van der Waals surface area contributed by atoms with E-state index in [4.69, 9.17) is 6.42 Å². The van der Waals surface area contributed by atoms with E-state index in [0.29, 0.717) is 0 Å². The highest BCUT2D eigenvalue weighted by molar-refractivity contribution is 5.98. The summed E-state index contributed by atoms with van der Waals surface area (Å²) in [4.78, 5) is 0. The molecule has 0 saturated carbocycles. The van der Waals surface area contributed by atoms with Crippen LogP contribution in [0.25, 0.3) is 22.2 Å². The van der Waals surface area contributed by atoms with E-state index in [9.17, 15) is 0 Å². The normalized spacial score (nSPS) is 13.6. The molecule has 4 rings (SSSR count). The Bertz CT molecular complexity index is 1160. The van der Waals surface area contributed by atoms with Crippen molar-refractivity contribution in [3.05, 3.63) is 59.2 Å². The summed E-state index contributed by atoms with van der Waals surface area (Å²) in [6.07, 6.45) is 24.1. The Morgan fingerprint density at radius 3 is 2.03 bits per heavy atom. The van der Waals surface area contributed by atoms with Crippen LogP contribution in [-0.2, 0) is 12.0 Å². The van der Waals surface area contributed by atoms with Crippen LogP contribution < -0.4 is 0 Å². The molecule has 1 heterocycles. The molecular formula is C35H47N. The van der Waals surface area contributed by atoms with Gasteiger partial charge in [-0.15, -0.1) is 6.42 Å². The van der Waals surface area contributed by atoms with E-state index in [1.807, 2.05) is 0 Å². The van der Waals surface area contributed by atoms with Gasteiger partial charge in [-0.2, -0.15) is 0 Å². The summed E-state index contributed by atoms with van der Waals surface area (Å²) < 4.78 is 2.67. The Morgan fingerprint density at radius 2 is 1.39 bits per heavy atom. The van der Waals surface area contributed by atoms with Gasteiger partial charge in [0.1, 0.15) is 0 Å². The van der Waals surface area contributed by atoms with Crippen LogP contribution in [0.5, 0.6) is 0 Å². The summed E-state index contributed by atoms with van der Waals surface area (Å²) in [5.74, 6) is 2.94. The van der Waals surface area contributed by atoms with Gasteiger partial charge in [0, 0.05) is 34.0 Å². The van der Waals surface area contributed by atoms with E-state index >= 15 is 0 Å². The minimum Gasteiger partial charge on any atom is -0.340 e. The van der Waals surface area contributed by atoms with Crippen LogP contribution in [0, 0.1) is 12.3 Å². The van der Waals surface area contributed by atoms with E-state index in [0.717, 1.165) is 12.1 Å². The summed E-state index contributed by atoms with van der Waals surface area (Å²) in [5.41, 5.74) is 8.65. The highest BCUT2D eigenvalue weighted by Crippen LogP contribution is 2.57. The molecule has 0 spiro atoms. The summed E-state index contributed by atoms with van der Waals surface area (Å²) >= 11 is 0. The molecule has 0 radical (unpaired) electrons. The molecule has 0 amide bonds. The Balaban J connectivity index is 1.89. The van der Waals surface area contributed by atoms with Gasteiger partial charge in [0.15, 0.2) is 0 Å². The monoisotopic (exact) mass is 481 g/mol. The molecule has 0 aliphatic heterocycles. The van der Waals surface area contributed by atoms with Crippen LogP contribution in [0.1, 0.15) is 127 Å². The van der Waals surface area contributed by atoms with Crippen molar-refractivity contribution >= 4 is 10.9 Å². The molecule has 0 fully saturated rings. The highest BCUT2D eigenvalue weighted by atomic mass is 15.0. The summed E-state index contributed by atoms with van der Waals surface area (Å²) in [6, 6.07) is 16.2. The topological polar surface area (TPSA) is 4.93 Å². The fraction of sp³-hybridized carbons (Fsp3) is 0.543. The molecule has 0 N–H and O–H groups in total. The van der Waals surface area contributed by atoms with Gasteiger partial charge in [0.25, 0.3) is 0 Å². The Morgan fingerprint density at radius 1 is 0.750 bits per heavy atom. The Hall–Kier alpha value is -2.46. The Labute approximate surface area is 220 Å². The predicted octanol–water partition coefficient (Wildman–Crippen LogP) is 10.4. The van der Waals surface area contributed by atoms with Gasteiger partial charge in [0.05, 0.1) is 5.69 Å². The molecule has 1 aliphatic rings. The standard InChI is InChI=1S/C35H47N/c1-5-9-12-17-24-35(25-18-13-10-6-2)31-21-16-15-20-29(31)34-33(35)30-27-28(8-4)22-23-32(30)36(34)26-19-14-11-7-3/h4,15-16,20-23,27H,5-7,9-14,17-19,24-26H2,1-3H3. The van der Waals surface area contributed by atoms with Crippen LogP contribution in [0.3, 0.4) is 0 Å². The van der Waals surface area contributed by atoms with Gasteiger partial charge in [-0.1, -0.05) is 122 Å². The van der Waals surface area contributed by atoms with Crippen LogP contribution >= 0.6 is 0 Å². The predicted molar refractivity (Wildman–Crippen MR) is 158 cm³/mol. The summed E-state index contributed by atoms with van der Waals surface area (Å²) in [7, 11) is 0. The van der Waals surface area contributed by atoms with Gasteiger partial charge in [-0.25, -0.2) is 0 Å². The first kappa shape index (κ1) is 26.6. The number of benzene rings is 2. The van der Waals surface area contributed by atoms with Gasteiger partial charge in [-0.3, -0.25) is 0 Å². The zero-order valence-electron chi connectivity index (χ0n) is 23.2. The van der Waals surface area contributed by atoms with Gasteiger partial charge in [0.2, 0.25) is 0 Å². The van der Waals surface area contributed by atoms with Gasteiger partial charge < -0.3 is 4.57 Å². The molecule has 2 aromatic carbocycles. The van der Waals surface area contributed by atoms with Crippen molar-refractivity contribution in [3.63, 3.8) is 0 Å². The van der Waals surface area contributed by atoms with E-state index in [1.54, 1.807) is 11.1 Å². The summed E-state index contributed by atoms with van der Waals surface area (Å²) in [5, 5.41) is 1.41. The SMILES string of the molecule is C#Cc1ccc2c(c1)c1c(n2CCCCCC)-c2ccccc2C1(CCCCCC)CCCCCC. The molecule has 192 valence electrons. The van der Waals surface area contributed by atoms with Crippen LogP contribution in [0.2, 0.25) is 0 Å². The molecule has 1 aliphatic carbocycles. The number of aryl methyl sites for hydroxylation is 1. The fourth-order valence-corrected chi connectivity index (χ4v) is 6.73. The maximum absolute atomic E-state index is 5.93. The lowest BCUT2D eigenvalue weighted by molar-refractivity contribution is 0.403. The van der Waals surface area contributed by atoms with Crippen molar-refractivity contribution in [2.45, 2.75) is 123 Å². The van der Waals surface area contributed by atoms with Crippen molar-refractivity contribution in [2.75, 3.05) is 0 Å². The van der Waals surface area contributed by atoms with E-state index in [-0.39, 0.29) is 5.41 Å². The number of unbranched alkanes of at least 4 members (excludes halogenated alkanes) is 9. The number of hydrogen-bond donors (Lipinski definition) is 0. The molecule has 0 bridgehead atoms. The second-order valence-corrected chi connectivity index (χ2v) is 11.1. The maximum Gasteiger partial charge on any atom is 0.0536 e. The number of aromatic nitrogens is 1. The molecule has 1 nitrogen and oxygen atoms in total. The van der Waals surface area contributed by atoms with Crippen molar-refractivity contribution in [2.24, 2.45) is 0 Å². The zero-order chi connectivity index (χ0) is 25.4. The van der Waals surface area contributed by atoms with E-state index in [1.165, 1.54) is 112 Å². The van der Waals surface area contributed by atoms with E-state index in [2.05, 4.69) is 73.7 Å². The number of hydrogen-bond acceptors (Lipinski definition) is 0. The average Bonchev–Trinajstić information content (AvgIpc) is 3.38. The molecule has 36 heavy (non-hydrogen) atoms. The van der Waals surface area contributed by atoms with Crippen LogP contribution in [0.4, 0.5) is 0 Å². The first-order chi connectivity index (χ1) is 17.7. The van der Waals surface area contributed by atoms with Crippen molar-refractivity contribution in [1.82, 2.24) is 4.57 Å². The Kier molecular flexibility index (Phi) is 9.36. The molecular weight excluding hydrogens is 434 g/mol. The third-order valence-corrected chi connectivity index (χ3v) is 8.56. The maximum atomic E-state index is 5.93. The smallest absolute Gasteiger partial charge is 0.0536 e. The molecule has 0 atom stereocenters. The first-order valence-corrected chi connectivity index (χ1v) is 14.9. The molecule has 0 unspecified atom stereocenters. The van der Waals surface area contributed by atoms with Crippen LogP contribution in [0.15, 0.2) is 42.5 Å². The lowest BCUT2D eigenvalue weighted by Crippen LogP contribution is -2.25. The second-order valence-electron chi connectivity index (χ2n) is 11.1. The quantitative estimate of drug-likeness (QED) is 0.150. The zero-order valence-corrected chi connectivity index (χ0v) is 23.2. The van der Waals surface area contributed by atoms with Crippen molar-refractivity contribution < 1.29 is 0 Å².